The molecule has 0 saturated heterocycles. The fourth-order valence-electron chi connectivity index (χ4n) is 3.89. The Balaban J connectivity index is 1.50. The van der Waals surface area contributed by atoms with Crippen molar-refractivity contribution in [3.05, 3.63) is 69.4 Å². The molecule has 0 N–H and O–H groups in total. The number of hydrogen-bond acceptors (Lipinski definition) is 6. The van der Waals surface area contributed by atoms with E-state index in [2.05, 4.69) is 18.2 Å². The maximum absolute atomic E-state index is 12.6. The molecule has 4 aromatic rings. The summed E-state index contributed by atoms with van der Waals surface area (Å²) in [5, 5.41) is 3.35. The highest BCUT2D eigenvalue weighted by Crippen LogP contribution is 2.32. The molecule has 0 atom stereocenters. The molecule has 30 heavy (non-hydrogen) atoms. The lowest BCUT2D eigenvalue weighted by atomic mass is 9.90. The third-order valence-corrected chi connectivity index (χ3v) is 6.22. The van der Waals surface area contributed by atoms with Crippen molar-refractivity contribution >= 4 is 28.3 Å². The van der Waals surface area contributed by atoms with Gasteiger partial charge >= 0.3 is 11.6 Å². The highest BCUT2D eigenvalue weighted by molar-refractivity contribution is 7.13. The van der Waals surface area contributed by atoms with E-state index in [-0.39, 0.29) is 0 Å². The van der Waals surface area contributed by atoms with E-state index >= 15 is 0 Å². The van der Waals surface area contributed by atoms with E-state index in [1.807, 2.05) is 5.38 Å². The van der Waals surface area contributed by atoms with Gasteiger partial charge in [-0.25, -0.2) is 9.78 Å². The average Bonchev–Trinajstić information content (AvgIpc) is 3.22. The maximum atomic E-state index is 12.6. The minimum atomic E-state index is -0.464. The van der Waals surface area contributed by atoms with Crippen LogP contribution in [-0.2, 0) is 17.6 Å². The maximum Gasteiger partial charge on any atom is 0.346 e. The molecule has 0 radical (unpaired) electrons. The largest absolute Gasteiger partial charge is 0.427 e. The Morgan fingerprint density at radius 2 is 1.90 bits per heavy atom. The monoisotopic (exact) mass is 417 g/mol. The van der Waals surface area contributed by atoms with Crippen molar-refractivity contribution in [3.8, 4) is 27.6 Å². The van der Waals surface area contributed by atoms with Crippen molar-refractivity contribution in [3.63, 3.8) is 0 Å². The van der Waals surface area contributed by atoms with E-state index < -0.39 is 11.6 Å². The Hall–Kier alpha value is -3.25. The van der Waals surface area contributed by atoms with Gasteiger partial charge in [-0.2, -0.15) is 0 Å². The smallest absolute Gasteiger partial charge is 0.346 e. The first-order valence-electron chi connectivity index (χ1n) is 9.91. The molecule has 2 heterocycles. The predicted molar refractivity (Wildman–Crippen MR) is 117 cm³/mol. The SMILES string of the molecule is CC(=O)Oc1ccc2cc(-c3nc(-c4ccc5c(c4)CCCC5)cs3)c(=O)oc2c1. The van der Waals surface area contributed by atoms with Crippen LogP contribution in [0, 0.1) is 0 Å². The van der Waals surface area contributed by atoms with Crippen LogP contribution in [-0.4, -0.2) is 11.0 Å². The minimum Gasteiger partial charge on any atom is -0.427 e. The van der Waals surface area contributed by atoms with Crippen LogP contribution in [0.2, 0.25) is 0 Å². The molecule has 2 aromatic heterocycles. The van der Waals surface area contributed by atoms with E-state index in [0.29, 0.717) is 21.9 Å². The molecule has 1 aliphatic rings. The van der Waals surface area contributed by atoms with Crippen LogP contribution in [0.25, 0.3) is 32.8 Å². The molecule has 1 aliphatic carbocycles. The van der Waals surface area contributed by atoms with Crippen molar-refractivity contribution in [2.75, 3.05) is 0 Å². The third-order valence-electron chi connectivity index (χ3n) is 5.35. The average molecular weight is 417 g/mol. The molecule has 150 valence electrons. The summed E-state index contributed by atoms with van der Waals surface area (Å²) in [7, 11) is 0. The molecular weight excluding hydrogens is 398 g/mol. The second-order valence-electron chi connectivity index (χ2n) is 7.47. The summed E-state index contributed by atoms with van der Waals surface area (Å²) in [6.45, 7) is 1.33. The molecule has 5 nitrogen and oxygen atoms in total. The van der Waals surface area contributed by atoms with Gasteiger partial charge in [-0.3, -0.25) is 4.79 Å². The van der Waals surface area contributed by atoms with Crippen molar-refractivity contribution in [2.45, 2.75) is 32.6 Å². The van der Waals surface area contributed by atoms with Gasteiger partial charge in [-0.05, 0) is 61.1 Å². The fourth-order valence-corrected chi connectivity index (χ4v) is 4.73. The second-order valence-corrected chi connectivity index (χ2v) is 8.33. The van der Waals surface area contributed by atoms with Crippen LogP contribution in [0.15, 0.2) is 57.1 Å². The summed E-state index contributed by atoms with van der Waals surface area (Å²) in [6, 6.07) is 13.3. The van der Waals surface area contributed by atoms with Crippen LogP contribution in [0.4, 0.5) is 0 Å². The van der Waals surface area contributed by atoms with Crippen LogP contribution in [0.5, 0.6) is 5.75 Å². The summed E-state index contributed by atoms with van der Waals surface area (Å²) in [5.41, 5.74) is 5.12. The minimum absolute atomic E-state index is 0.342. The van der Waals surface area contributed by atoms with Crippen molar-refractivity contribution < 1.29 is 13.9 Å². The van der Waals surface area contributed by atoms with E-state index in [9.17, 15) is 9.59 Å². The zero-order valence-corrected chi connectivity index (χ0v) is 17.3. The van der Waals surface area contributed by atoms with Crippen molar-refractivity contribution in [1.82, 2.24) is 4.98 Å². The van der Waals surface area contributed by atoms with Crippen LogP contribution >= 0.6 is 11.3 Å². The topological polar surface area (TPSA) is 69.4 Å². The molecule has 2 aromatic carbocycles. The van der Waals surface area contributed by atoms with Gasteiger partial charge in [-0.1, -0.05) is 12.1 Å². The van der Waals surface area contributed by atoms with Gasteiger partial charge in [0.1, 0.15) is 16.3 Å². The van der Waals surface area contributed by atoms with Gasteiger partial charge in [-0.15, -0.1) is 11.3 Å². The number of ether oxygens (including phenoxy) is 1. The molecule has 0 saturated carbocycles. The lowest BCUT2D eigenvalue weighted by Gasteiger charge is -2.16. The number of thiazole rings is 1. The van der Waals surface area contributed by atoms with Gasteiger partial charge in [0.05, 0.1) is 11.3 Å². The lowest BCUT2D eigenvalue weighted by Crippen LogP contribution is -2.04. The molecule has 0 bridgehead atoms. The van der Waals surface area contributed by atoms with E-state index in [1.165, 1.54) is 42.2 Å². The van der Waals surface area contributed by atoms with Gasteiger partial charge in [0, 0.05) is 29.3 Å². The van der Waals surface area contributed by atoms with Crippen molar-refractivity contribution in [2.24, 2.45) is 0 Å². The third kappa shape index (κ3) is 3.55. The van der Waals surface area contributed by atoms with Crippen LogP contribution < -0.4 is 10.4 Å². The molecular formula is C24H19NO4S. The molecule has 0 spiro atoms. The summed E-state index contributed by atoms with van der Waals surface area (Å²) < 4.78 is 10.5. The number of fused-ring (bicyclic) bond motifs is 2. The van der Waals surface area contributed by atoms with E-state index in [1.54, 1.807) is 24.3 Å². The number of hydrogen-bond donors (Lipinski definition) is 0. The van der Waals surface area contributed by atoms with Gasteiger partial charge in [0.2, 0.25) is 0 Å². The summed E-state index contributed by atoms with van der Waals surface area (Å²) in [4.78, 5) is 28.4. The predicted octanol–water partition coefficient (Wildman–Crippen LogP) is 5.39. The van der Waals surface area contributed by atoms with Gasteiger partial charge in [0.25, 0.3) is 0 Å². The number of aryl methyl sites for hydroxylation is 2. The second kappa shape index (κ2) is 7.54. The van der Waals surface area contributed by atoms with Crippen molar-refractivity contribution in [1.29, 1.82) is 0 Å². The molecule has 0 unspecified atom stereocenters. The van der Waals surface area contributed by atoms with Gasteiger partial charge < -0.3 is 9.15 Å². The number of carbonyl (C=O) groups excluding carboxylic acids is 1. The number of benzene rings is 2. The Kier molecular flexibility index (Phi) is 4.71. The first kappa shape index (κ1) is 18.8. The zero-order chi connectivity index (χ0) is 20.7. The zero-order valence-electron chi connectivity index (χ0n) is 16.4. The summed E-state index contributed by atoms with van der Waals surface area (Å²) >= 11 is 1.43. The normalized spacial score (nSPS) is 13.2. The van der Waals surface area contributed by atoms with Crippen LogP contribution in [0.1, 0.15) is 30.9 Å². The highest BCUT2D eigenvalue weighted by atomic mass is 32.1. The molecule has 6 heteroatoms. The van der Waals surface area contributed by atoms with Gasteiger partial charge in [0.15, 0.2) is 0 Å². The van der Waals surface area contributed by atoms with E-state index in [0.717, 1.165) is 29.5 Å². The van der Waals surface area contributed by atoms with Crippen LogP contribution in [0.3, 0.4) is 0 Å². The number of nitrogens with zero attached hydrogens (tertiary/aromatic N) is 1. The first-order chi connectivity index (χ1) is 14.6. The number of esters is 1. The Morgan fingerprint density at radius 3 is 2.73 bits per heavy atom. The fraction of sp³-hybridized carbons (Fsp3) is 0.208. The Labute approximate surface area is 177 Å². The number of rotatable bonds is 3. The lowest BCUT2D eigenvalue weighted by molar-refractivity contribution is -0.131. The molecule has 0 fully saturated rings. The number of carbonyl (C=O) groups is 1. The Morgan fingerprint density at radius 1 is 1.07 bits per heavy atom. The summed E-state index contributed by atoms with van der Waals surface area (Å²) in [5.74, 6) is -0.0827. The molecule has 0 aliphatic heterocycles. The van der Waals surface area contributed by atoms with E-state index in [4.69, 9.17) is 14.1 Å². The highest BCUT2D eigenvalue weighted by Gasteiger charge is 2.15. The summed E-state index contributed by atoms with van der Waals surface area (Å²) in [6.07, 6.45) is 4.75. The standard InChI is InChI=1S/C24H19NO4S/c1-14(26)28-19-9-8-18-11-20(24(27)29-22(18)12-19)23-25-21(13-30-23)17-7-6-15-4-2-3-5-16(15)10-17/h6-13H,2-5H2,1H3. The number of aromatic nitrogens is 1. The first-order valence-corrected chi connectivity index (χ1v) is 10.8. The quantitative estimate of drug-likeness (QED) is 0.254. The molecule has 0 amide bonds. The Bertz CT molecular complexity index is 1330. The molecule has 5 rings (SSSR count).